The van der Waals surface area contributed by atoms with Crippen LogP contribution in [-0.4, -0.2) is 18.2 Å². The Labute approximate surface area is 139 Å². The Kier molecular flexibility index (Phi) is 4.36. The molecule has 0 saturated carbocycles. The zero-order valence-electron chi connectivity index (χ0n) is 12.1. The maximum Gasteiger partial charge on any atom is 0.236 e. The molecule has 0 aliphatic heterocycles. The first-order chi connectivity index (χ1) is 11.0. The highest BCUT2D eigenvalue weighted by atomic mass is 35.5. The van der Waals surface area contributed by atoms with Crippen molar-refractivity contribution >= 4 is 27.3 Å². The molecular formula is C16H14ClN3O2S. The third-order valence-corrected chi connectivity index (χ3v) is 4.82. The standard InChI is InChI=1S/C16H14ClN3O2S/c17-16-5-2-1-4-13(16)12-23(21,22)19-14-6-8-15(9-7-14)20-11-3-10-18-20/h1-11,19H,12H2. The molecule has 2 aromatic carbocycles. The quantitative estimate of drug-likeness (QED) is 0.768. The van der Waals surface area contributed by atoms with Gasteiger partial charge in [-0.05, 0) is 42.0 Å². The van der Waals surface area contributed by atoms with Crippen molar-refractivity contribution in [1.82, 2.24) is 9.78 Å². The topological polar surface area (TPSA) is 64.0 Å². The van der Waals surface area contributed by atoms with Crippen LogP contribution in [0.3, 0.4) is 0 Å². The van der Waals surface area contributed by atoms with Crippen molar-refractivity contribution in [3.8, 4) is 5.69 Å². The molecule has 0 bridgehead atoms. The molecule has 23 heavy (non-hydrogen) atoms. The molecule has 0 amide bonds. The zero-order chi connectivity index (χ0) is 16.3. The van der Waals surface area contributed by atoms with Gasteiger partial charge in [0, 0.05) is 23.1 Å². The van der Waals surface area contributed by atoms with Crippen LogP contribution in [0.4, 0.5) is 5.69 Å². The van der Waals surface area contributed by atoms with Crippen molar-refractivity contribution in [3.05, 3.63) is 77.6 Å². The number of aromatic nitrogens is 2. The summed E-state index contributed by atoms with van der Waals surface area (Å²) in [5.41, 5.74) is 1.91. The lowest BCUT2D eigenvalue weighted by Gasteiger charge is -2.10. The number of nitrogens with one attached hydrogen (secondary N) is 1. The molecule has 118 valence electrons. The number of hydrogen-bond acceptors (Lipinski definition) is 3. The van der Waals surface area contributed by atoms with E-state index in [2.05, 4.69) is 9.82 Å². The normalized spacial score (nSPS) is 11.3. The second kappa shape index (κ2) is 6.44. The second-order valence-electron chi connectivity index (χ2n) is 4.95. The van der Waals surface area contributed by atoms with Crippen LogP contribution in [0.15, 0.2) is 67.0 Å². The first-order valence-corrected chi connectivity index (χ1v) is 8.90. The number of benzene rings is 2. The summed E-state index contributed by atoms with van der Waals surface area (Å²) >= 11 is 6.01. The number of hydrogen-bond donors (Lipinski definition) is 1. The Morgan fingerprint density at radius 3 is 2.43 bits per heavy atom. The smallest absolute Gasteiger partial charge is 0.236 e. The summed E-state index contributed by atoms with van der Waals surface area (Å²) in [4.78, 5) is 0. The minimum absolute atomic E-state index is 0.173. The molecule has 0 aliphatic carbocycles. The zero-order valence-corrected chi connectivity index (χ0v) is 13.6. The SMILES string of the molecule is O=S(=O)(Cc1ccccc1Cl)Nc1ccc(-n2cccn2)cc1. The number of sulfonamides is 1. The molecule has 1 aromatic heterocycles. The lowest BCUT2D eigenvalue weighted by molar-refractivity contribution is 0.600. The summed E-state index contributed by atoms with van der Waals surface area (Å²) in [7, 11) is -3.53. The van der Waals surface area contributed by atoms with Gasteiger partial charge in [-0.25, -0.2) is 13.1 Å². The van der Waals surface area contributed by atoms with E-state index < -0.39 is 10.0 Å². The summed E-state index contributed by atoms with van der Waals surface area (Å²) in [5.74, 6) is -0.173. The Morgan fingerprint density at radius 1 is 1.04 bits per heavy atom. The monoisotopic (exact) mass is 347 g/mol. The lowest BCUT2D eigenvalue weighted by Crippen LogP contribution is -2.15. The summed E-state index contributed by atoms with van der Waals surface area (Å²) in [6, 6.07) is 15.7. The van der Waals surface area contributed by atoms with Crippen LogP contribution in [0.2, 0.25) is 5.02 Å². The average Bonchev–Trinajstić information content (AvgIpc) is 3.04. The Hall–Kier alpha value is -2.31. The highest BCUT2D eigenvalue weighted by molar-refractivity contribution is 7.91. The fourth-order valence-corrected chi connectivity index (χ4v) is 3.65. The average molecular weight is 348 g/mol. The third kappa shape index (κ3) is 3.91. The first kappa shape index (κ1) is 15.6. The molecule has 1 heterocycles. The van der Waals surface area contributed by atoms with Gasteiger partial charge in [-0.15, -0.1) is 0 Å². The van der Waals surface area contributed by atoms with Crippen molar-refractivity contribution in [2.75, 3.05) is 4.72 Å². The molecule has 7 heteroatoms. The highest BCUT2D eigenvalue weighted by Gasteiger charge is 2.13. The van der Waals surface area contributed by atoms with Gasteiger partial charge in [0.25, 0.3) is 0 Å². The molecule has 0 aliphatic rings. The van der Waals surface area contributed by atoms with Gasteiger partial charge in [0.05, 0.1) is 11.4 Å². The molecule has 3 aromatic rings. The molecule has 1 N–H and O–H groups in total. The molecular weight excluding hydrogens is 334 g/mol. The number of rotatable bonds is 5. The van der Waals surface area contributed by atoms with Gasteiger partial charge < -0.3 is 0 Å². The van der Waals surface area contributed by atoms with Crippen LogP contribution in [-0.2, 0) is 15.8 Å². The van der Waals surface area contributed by atoms with Gasteiger partial charge in [-0.2, -0.15) is 5.10 Å². The van der Waals surface area contributed by atoms with E-state index in [1.165, 1.54) is 0 Å². The van der Waals surface area contributed by atoms with Crippen molar-refractivity contribution in [2.45, 2.75) is 5.75 Å². The van der Waals surface area contributed by atoms with Gasteiger partial charge in [0.15, 0.2) is 0 Å². The fraction of sp³-hybridized carbons (Fsp3) is 0.0625. The van der Waals surface area contributed by atoms with Gasteiger partial charge >= 0.3 is 0 Å². The van der Waals surface area contributed by atoms with Crippen LogP contribution in [0, 0.1) is 0 Å². The summed E-state index contributed by atoms with van der Waals surface area (Å²) < 4.78 is 28.7. The first-order valence-electron chi connectivity index (χ1n) is 6.87. The second-order valence-corrected chi connectivity index (χ2v) is 7.08. The van der Waals surface area contributed by atoms with Crippen molar-refractivity contribution in [1.29, 1.82) is 0 Å². The molecule has 0 radical (unpaired) electrons. The van der Waals surface area contributed by atoms with E-state index in [1.807, 2.05) is 12.3 Å². The molecule has 0 unspecified atom stereocenters. The summed E-state index contributed by atoms with van der Waals surface area (Å²) in [6.45, 7) is 0. The van der Waals surface area contributed by atoms with Crippen molar-refractivity contribution < 1.29 is 8.42 Å². The van der Waals surface area contributed by atoms with Crippen LogP contribution in [0.25, 0.3) is 5.69 Å². The highest BCUT2D eigenvalue weighted by Crippen LogP contribution is 2.20. The predicted octanol–water partition coefficient (Wildman–Crippen LogP) is 3.47. The van der Waals surface area contributed by atoms with E-state index in [0.29, 0.717) is 16.3 Å². The van der Waals surface area contributed by atoms with Crippen molar-refractivity contribution in [2.24, 2.45) is 0 Å². The molecule has 0 fully saturated rings. The molecule has 5 nitrogen and oxygen atoms in total. The minimum Gasteiger partial charge on any atom is -0.283 e. The molecule has 0 atom stereocenters. The Balaban J connectivity index is 1.74. The van der Waals surface area contributed by atoms with Crippen molar-refractivity contribution in [3.63, 3.8) is 0 Å². The molecule has 3 rings (SSSR count). The largest absolute Gasteiger partial charge is 0.283 e. The maximum absolute atomic E-state index is 12.2. The third-order valence-electron chi connectivity index (χ3n) is 3.21. The fourth-order valence-electron chi connectivity index (χ4n) is 2.14. The number of anilines is 1. The van der Waals surface area contributed by atoms with Gasteiger partial charge in [-0.3, -0.25) is 4.72 Å². The lowest BCUT2D eigenvalue weighted by atomic mass is 10.2. The van der Waals surface area contributed by atoms with Crippen LogP contribution >= 0.6 is 11.6 Å². The number of nitrogens with zero attached hydrogens (tertiary/aromatic N) is 2. The van der Waals surface area contributed by atoms with Gasteiger partial charge in [0.2, 0.25) is 10.0 Å². The van der Waals surface area contributed by atoms with Crippen LogP contribution < -0.4 is 4.72 Å². The maximum atomic E-state index is 12.2. The van der Waals surface area contributed by atoms with E-state index >= 15 is 0 Å². The summed E-state index contributed by atoms with van der Waals surface area (Å²) in [6.07, 6.45) is 3.50. The minimum atomic E-state index is -3.53. The molecule has 0 spiro atoms. The van der Waals surface area contributed by atoms with E-state index in [1.54, 1.807) is 59.4 Å². The van der Waals surface area contributed by atoms with Crippen LogP contribution in [0.5, 0.6) is 0 Å². The Bertz CT molecular complexity index is 891. The summed E-state index contributed by atoms with van der Waals surface area (Å²) in [5, 5.41) is 4.56. The Morgan fingerprint density at radius 2 is 1.78 bits per heavy atom. The van der Waals surface area contributed by atoms with E-state index in [4.69, 9.17) is 11.6 Å². The van der Waals surface area contributed by atoms with Gasteiger partial charge in [0.1, 0.15) is 0 Å². The van der Waals surface area contributed by atoms with E-state index in [-0.39, 0.29) is 5.75 Å². The van der Waals surface area contributed by atoms with Gasteiger partial charge in [-0.1, -0.05) is 29.8 Å². The predicted molar refractivity (Wildman–Crippen MR) is 91.3 cm³/mol. The number of halogens is 1. The molecule has 0 saturated heterocycles. The van der Waals surface area contributed by atoms with E-state index in [0.717, 1.165) is 5.69 Å². The van der Waals surface area contributed by atoms with E-state index in [9.17, 15) is 8.42 Å². The van der Waals surface area contributed by atoms with Crippen LogP contribution in [0.1, 0.15) is 5.56 Å².